The molecule has 0 atom stereocenters. The number of amides is 1. The minimum absolute atomic E-state index is 0.0743. The van der Waals surface area contributed by atoms with Crippen LogP contribution in [0, 0.1) is 0 Å². The minimum Gasteiger partial charge on any atom is -0.497 e. The van der Waals surface area contributed by atoms with E-state index in [-0.39, 0.29) is 11.5 Å². The van der Waals surface area contributed by atoms with Gasteiger partial charge in [0, 0.05) is 30.1 Å². The van der Waals surface area contributed by atoms with Crippen LogP contribution in [0.15, 0.2) is 42.5 Å². The Bertz CT molecular complexity index is 958. The average molecular weight is 352 g/mol. The number of aromatic nitrogens is 1. The lowest BCUT2D eigenvalue weighted by Gasteiger charge is -2.07. The summed E-state index contributed by atoms with van der Waals surface area (Å²) in [5, 5.41) is 12.9. The largest absolute Gasteiger partial charge is 0.497 e. The van der Waals surface area contributed by atoms with Crippen molar-refractivity contribution in [2.24, 2.45) is 0 Å². The molecule has 26 heavy (non-hydrogen) atoms. The number of carboxylic acids is 1. The molecule has 0 aliphatic rings. The van der Waals surface area contributed by atoms with Gasteiger partial charge in [-0.3, -0.25) is 4.79 Å². The van der Waals surface area contributed by atoms with E-state index in [9.17, 15) is 9.59 Å². The molecule has 1 heterocycles. The van der Waals surface area contributed by atoms with Gasteiger partial charge in [0.05, 0.1) is 12.7 Å². The predicted octanol–water partition coefficient (Wildman–Crippen LogP) is 3.22. The van der Waals surface area contributed by atoms with Crippen molar-refractivity contribution < 1.29 is 19.4 Å². The van der Waals surface area contributed by atoms with Crippen LogP contribution >= 0.6 is 0 Å². The SMILES string of the molecule is COc1ccc2[nH]c(-c3ccc(C(=O)O)cc3)c(CCNC(C)=O)c2c1. The third-order valence-corrected chi connectivity index (χ3v) is 4.28. The van der Waals surface area contributed by atoms with Gasteiger partial charge < -0.3 is 20.1 Å². The van der Waals surface area contributed by atoms with Gasteiger partial charge in [-0.05, 0) is 47.9 Å². The first-order chi connectivity index (χ1) is 12.5. The van der Waals surface area contributed by atoms with Crippen molar-refractivity contribution in [2.75, 3.05) is 13.7 Å². The second-order valence-electron chi connectivity index (χ2n) is 6.01. The van der Waals surface area contributed by atoms with Crippen LogP contribution in [0.5, 0.6) is 5.75 Å². The van der Waals surface area contributed by atoms with Crippen molar-refractivity contribution in [1.82, 2.24) is 10.3 Å². The Kier molecular flexibility index (Phi) is 4.93. The first-order valence-corrected chi connectivity index (χ1v) is 8.26. The smallest absolute Gasteiger partial charge is 0.335 e. The number of rotatable bonds is 6. The van der Waals surface area contributed by atoms with Gasteiger partial charge in [-0.2, -0.15) is 0 Å². The maximum Gasteiger partial charge on any atom is 0.335 e. The first kappa shape index (κ1) is 17.5. The molecule has 3 rings (SSSR count). The van der Waals surface area contributed by atoms with Crippen molar-refractivity contribution in [3.05, 3.63) is 53.6 Å². The van der Waals surface area contributed by atoms with Crippen molar-refractivity contribution in [2.45, 2.75) is 13.3 Å². The summed E-state index contributed by atoms with van der Waals surface area (Å²) in [6.07, 6.45) is 0.642. The number of ether oxygens (including phenoxy) is 1. The second kappa shape index (κ2) is 7.31. The molecule has 3 aromatic rings. The van der Waals surface area contributed by atoms with Crippen LogP contribution in [-0.2, 0) is 11.2 Å². The van der Waals surface area contributed by atoms with E-state index in [0.717, 1.165) is 33.5 Å². The molecule has 6 heteroatoms. The number of aromatic carboxylic acids is 1. The molecule has 0 saturated carbocycles. The molecule has 0 saturated heterocycles. The molecule has 0 aliphatic heterocycles. The highest BCUT2D eigenvalue weighted by molar-refractivity contribution is 5.93. The number of hydrogen-bond acceptors (Lipinski definition) is 3. The summed E-state index contributed by atoms with van der Waals surface area (Å²) in [5.74, 6) is -0.274. The Morgan fingerprint density at radius 2 is 1.88 bits per heavy atom. The van der Waals surface area contributed by atoms with Gasteiger partial charge in [0.15, 0.2) is 0 Å². The lowest BCUT2D eigenvalue weighted by atomic mass is 10.0. The summed E-state index contributed by atoms with van der Waals surface area (Å²) >= 11 is 0. The molecular weight excluding hydrogens is 332 g/mol. The van der Waals surface area contributed by atoms with E-state index in [1.807, 2.05) is 18.2 Å². The fraction of sp³-hybridized carbons (Fsp3) is 0.200. The second-order valence-corrected chi connectivity index (χ2v) is 6.01. The number of benzene rings is 2. The van der Waals surface area contributed by atoms with Gasteiger partial charge in [0.1, 0.15) is 5.75 Å². The highest BCUT2D eigenvalue weighted by atomic mass is 16.5. The Morgan fingerprint density at radius 1 is 1.15 bits per heavy atom. The Hall–Kier alpha value is -3.28. The van der Waals surface area contributed by atoms with Crippen molar-refractivity contribution in [3.63, 3.8) is 0 Å². The van der Waals surface area contributed by atoms with E-state index in [1.54, 1.807) is 31.4 Å². The van der Waals surface area contributed by atoms with Crippen LogP contribution in [0.1, 0.15) is 22.8 Å². The number of aromatic amines is 1. The standard InChI is InChI=1S/C20H20N2O4/c1-12(23)21-10-9-16-17-11-15(26-2)7-8-18(17)22-19(16)13-3-5-14(6-4-13)20(24)25/h3-8,11,22H,9-10H2,1-2H3,(H,21,23)(H,24,25). The van der Waals surface area contributed by atoms with Crippen LogP contribution in [0.3, 0.4) is 0 Å². The molecule has 0 unspecified atom stereocenters. The third-order valence-electron chi connectivity index (χ3n) is 4.28. The number of fused-ring (bicyclic) bond motifs is 1. The van der Waals surface area contributed by atoms with Crippen molar-refractivity contribution >= 4 is 22.8 Å². The summed E-state index contributed by atoms with van der Waals surface area (Å²) in [6, 6.07) is 12.5. The van der Waals surface area contributed by atoms with E-state index in [1.165, 1.54) is 6.92 Å². The monoisotopic (exact) mass is 352 g/mol. The molecule has 2 aromatic carbocycles. The van der Waals surface area contributed by atoms with Crippen LogP contribution in [0.2, 0.25) is 0 Å². The molecule has 1 aromatic heterocycles. The van der Waals surface area contributed by atoms with Crippen LogP contribution in [0.25, 0.3) is 22.2 Å². The lowest BCUT2D eigenvalue weighted by molar-refractivity contribution is -0.118. The molecule has 0 aliphatic carbocycles. The molecule has 0 radical (unpaired) electrons. The van der Waals surface area contributed by atoms with E-state index < -0.39 is 5.97 Å². The highest BCUT2D eigenvalue weighted by Crippen LogP contribution is 2.33. The quantitative estimate of drug-likeness (QED) is 0.635. The molecule has 0 fully saturated rings. The maximum atomic E-state index is 11.2. The molecule has 3 N–H and O–H groups in total. The zero-order chi connectivity index (χ0) is 18.7. The maximum absolute atomic E-state index is 11.2. The Balaban J connectivity index is 2.07. The number of H-pyrrole nitrogens is 1. The number of hydrogen-bond donors (Lipinski definition) is 3. The van der Waals surface area contributed by atoms with E-state index in [4.69, 9.17) is 9.84 Å². The molecule has 6 nitrogen and oxygen atoms in total. The van der Waals surface area contributed by atoms with Gasteiger partial charge in [-0.25, -0.2) is 4.79 Å². The van der Waals surface area contributed by atoms with Crippen LogP contribution < -0.4 is 10.1 Å². The van der Waals surface area contributed by atoms with Crippen LogP contribution in [-0.4, -0.2) is 35.6 Å². The molecule has 134 valence electrons. The molecule has 0 bridgehead atoms. The normalized spacial score (nSPS) is 10.7. The van der Waals surface area contributed by atoms with E-state index in [2.05, 4.69) is 10.3 Å². The molecule has 1 amide bonds. The summed E-state index contributed by atoms with van der Waals surface area (Å²) < 4.78 is 5.33. The Labute approximate surface area is 150 Å². The number of nitrogens with one attached hydrogen (secondary N) is 2. The zero-order valence-corrected chi connectivity index (χ0v) is 14.6. The van der Waals surface area contributed by atoms with Gasteiger partial charge in [0.25, 0.3) is 0 Å². The number of carbonyl (C=O) groups is 2. The van der Waals surface area contributed by atoms with Crippen molar-refractivity contribution in [3.8, 4) is 17.0 Å². The summed E-state index contributed by atoms with van der Waals surface area (Å²) in [6.45, 7) is 2.00. The minimum atomic E-state index is -0.955. The Morgan fingerprint density at radius 3 is 2.50 bits per heavy atom. The third kappa shape index (κ3) is 3.54. The van der Waals surface area contributed by atoms with Gasteiger partial charge in [0.2, 0.25) is 5.91 Å². The lowest BCUT2D eigenvalue weighted by Crippen LogP contribution is -2.22. The summed E-state index contributed by atoms with van der Waals surface area (Å²) in [4.78, 5) is 25.7. The summed E-state index contributed by atoms with van der Waals surface area (Å²) in [7, 11) is 1.62. The average Bonchev–Trinajstić information content (AvgIpc) is 2.99. The fourth-order valence-electron chi connectivity index (χ4n) is 3.00. The van der Waals surface area contributed by atoms with E-state index in [0.29, 0.717) is 13.0 Å². The van der Waals surface area contributed by atoms with E-state index >= 15 is 0 Å². The zero-order valence-electron chi connectivity index (χ0n) is 14.6. The molecular formula is C20H20N2O4. The topological polar surface area (TPSA) is 91.4 Å². The highest BCUT2D eigenvalue weighted by Gasteiger charge is 2.14. The molecule has 0 spiro atoms. The number of carbonyl (C=O) groups excluding carboxylic acids is 1. The number of methoxy groups -OCH3 is 1. The van der Waals surface area contributed by atoms with Gasteiger partial charge in [-0.15, -0.1) is 0 Å². The van der Waals surface area contributed by atoms with Crippen LogP contribution in [0.4, 0.5) is 0 Å². The summed E-state index contributed by atoms with van der Waals surface area (Å²) in [5.41, 5.74) is 4.06. The fourth-order valence-corrected chi connectivity index (χ4v) is 3.00. The predicted molar refractivity (Wildman–Crippen MR) is 99.6 cm³/mol. The van der Waals surface area contributed by atoms with Crippen molar-refractivity contribution in [1.29, 1.82) is 0 Å². The first-order valence-electron chi connectivity index (χ1n) is 8.26. The van der Waals surface area contributed by atoms with Gasteiger partial charge >= 0.3 is 5.97 Å². The van der Waals surface area contributed by atoms with Gasteiger partial charge in [-0.1, -0.05) is 12.1 Å². The number of carboxylic acid groups (broad SMARTS) is 1.